The molecule has 6 nitrogen and oxygen atoms in total. The summed E-state index contributed by atoms with van der Waals surface area (Å²) in [6, 6.07) is 3.99. The van der Waals surface area contributed by atoms with Gasteiger partial charge in [-0.2, -0.15) is 13.2 Å². The Balaban J connectivity index is 1.79. The van der Waals surface area contributed by atoms with Crippen LogP contribution in [0.1, 0.15) is 30.4 Å². The number of hydrogen-bond acceptors (Lipinski definition) is 3. The van der Waals surface area contributed by atoms with Crippen molar-refractivity contribution in [2.24, 2.45) is 11.1 Å². The topological polar surface area (TPSA) is 95.7 Å². The molecular formula is C17H20F3N3O3. The zero-order valence-corrected chi connectivity index (χ0v) is 14.0. The summed E-state index contributed by atoms with van der Waals surface area (Å²) in [5, 5.41) is 11.6. The molecule has 4 rings (SSSR count). The normalized spacial score (nSPS) is 26.5. The number of carbonyl (C=O) groups is 2. The van der Waals surface area contributed by atoms with Crippen LogP contribution in [-0.2, 0) is 17.5 Å². The number of aliphatic hydroxyl groups is 1. The van der Waals surface area contributed by atoms with E-state index in [2.05, 4.69) is 5.32 Å². The molecule has 0 unspecified atom stereocenters. The summed E-state index contributed by atoms with van der Waals surface area (Å²) in [5.74, 6) is -0.410. The molecule has 142 valence electrons. The Morgan fingerprint density at radius 1 is 1.27 bits per heavy atom. The van der Waals surface area contributed by atoms with Crippen LogP contribution >= 0.6 is 0 Å². The van der Waals surface area contributed by atoms with Crippen LogP contribution in [0.15, 0.2) is 24.3 Å². The molecule has 26 heavy (non-hydrogen) atoms. The average Bonchev–Trinajstić information content (AvgIpc) is 2.49. The molecular weight excluding hydrogens is 351 g/mol. The van der Waals surface area contributed by atoms with Gasteiger partial charge in [-0.15, -0.1) is 0 Å². The number of hydrogen-bond donors (Lipinski definition) is 3. The first-order valence-corrected chi connectivity index (χ1v) is 8.20. The summed E-state index contributed by atoms with van der Waals surface area (Å²) >= 11 is 0. The molecule has 3 aliphatic carbocycles. The Morgan fingerprint density at radius 3 is 2.46 bits per heavy atom. The van der Waals surface area contributed by atoms with Gasteiger partial charge in [-0.05, 0) is 37.0 Å². The molecule has 3 saturated carbocycles. The van der Waals surface area contributed by atoms with Gasteiger partial charge >= 0.3 is 12.2 Å². The Morgan fingerprint density at radius 2 is 1.92 bits per heavy atom. The lowest BCUT2D eigenvalue weighted by atomic mass is 9.39. The van der Waals surface area contributed by atoms with E-state index in [1.54, 1.807) is 0 Å². The lowest BCUT2D eigenvalue weighted by Crippen LogP contribution is -2.76. The quantitative estimate of drug-likeness (QED) is 0.709. The number of alkyl halides is 3. The van der Waals surface area contributed by atoms with Crippen LogP contribution in [0.4, 0.5) is 18.0 Å². The van der Waals surface area contributed by atoms with Crippen molar-refractivity contribution in [2.45, 2.75) is 37.5 Å². The highest BCUT2D eigenvalue weighted by Gasteiger charge is 2.70. The second-order valence-corrected chi connectivity index (χ2v) is 7.31. The van der Waals surface area contributed by atoms with Gasteiger partial charge in [-0.1, -0.05) is 12.1 Å². The van der Waals surface area contributed by atoms with Crippen LogP contribution in [0.3, 0.4) is 0 Å². The van der Waals surface area contributed by atoms with Crippen LogP contribution in [0.5, 0.6) is 0 Å². The summed E-state index contributed by atoms with van der Waals surface area (Å²) in [6.45, 7) is -0.285. The Kier molecular flexibility index (Phi) is 4.38. The molecule has 0 spiro atoms. The van der Waals surface area contributed by atoms with Gasteiger partial charge in [0.05, 0.1) is 12.1 Å². The van der Waals surface area contributed by atoms with Crippen molar-refractivity contribution < 1.29 is 27.9 Å². The third-order valence-corrected chi connectivity index (χ3v) is 5.33. The number of amides is 3. The monoisotopic (exact) mass is 371 g/mol. The Hall–Kier alpha value is -2.29. The first-order valence-electron chi connectivity index (χ1n) is 8.20. The maximum Gasteiger partial charge on any atom is 0.416 e. The predicted octanol–water partition coefficient (Wildman–Crippen LogP) is 1.62. The third-order valence-electron chi connectivity index (χ3n) is 5.33. The van der Waals surface area contributed by atoms with Crippen molar-refractivity contribution in [1.29, 1.82) is 0 Å². The number of nitrogens with one attached hydrogen (secondary N) is 1. The standard InChI is InChI=1S/C17H20F3N3O3/c18-17(19,20)12-3-1-2-11(4-12)6-23(13(25)5-22-14(21)26)16-7-15(8-16,9-16)10-24/h1-4,24H,5-10H2,(H3,21,22,26). The summed E-state index contributed by atoms with van der Waals surface area (Å²) in [5.41, 5.74) is 3.93. The SMILES string of the molecule is NC(=O)NCC(=O)N(Cc1cccc(C(F)(F)F)c1)C12CC(CO)(C1)C2. The first-order chi connectivity index (χ1) is 12.1. The van der Waals surface area contributed by atoms with E-state index in [1.807, 2.05) is 0 Å². The molecule has 0 aliphatic heterocycles. The van der Waals surface area contributed by atoms with Gasteiger partial charge in [0.2, 0.25) is 5.91 Å². The van der Waals surface area contributed by atoms with Crippen molar-refractivity contribution in [3.8, 4) is 0 Å². The molecule has 0 radical (unpaired) electrons. The van der Waals surface area contributed by atoms with Crippen molar-refractivity contribution in [1.82, 2.24) is 10.2 Å². The Bertz CT molecular complexity index is 716. The molecule has 3 fully saturated rings. The predicted molar refractivity (Wildman–Crippen MR) is 85.7 cm³/mol. The van der Waals surface area contributed by atoms with E-state index >= 15 is 0 Å². The third kappa shape index (κ3) is 3.23. The van der Waals surface area contributed by atoms with E-state index in [1.165, 1.54) is 17.0 Å². The molecule has 3 amide bonds. The molecule has 0 saturated heterocycles. The lowest BCUT2D eigenvalue weighted by molar-refractivity contribution is -0.235. The summed E-state index contributed by atoms with van der Waals surface area (Å²) in [4.78, 5) is 24.9. The van der Waals surface area contributed by atoms with Crippen molar-refractivity contribution in [3.05, 3.63) is 35.4 Å². The fraction of sp³-hybridized carbons (Fsp3) is 0.529. The van der Waals surface area contributed by atoms with Crippen molar-refractivity contribution in [2.75, 3.05) is 13.2 Å². The van der Waals surface area contributed by atoms with Gasteiger partial charge in [0.25, 0.3) is 0 Å². The second-order valence-electron chi connectivity index (χ2n) is 7.31. The summed E-state index contributed by atoms with van der Waals surface area (Å²) < 4.78 is 38.8. The number of nitrogens with zero attached hydrogens (tertiary/aromatic N) is 1. The van der Waals surface area contributed by atoms with Gasteiger partial charge in [-0.25, -0.2) is 4.79 Å². The van der Waals surface area contributed by atoms with Crippen LogP contribution in [0.2, 0.25) is 0 Å². The number of primary amides is 1. The van der Waals surface area contributed by atoms with E-state index in [9.17, 15) is 27.9 Å². The first kappa shape index (κ1) is 18.5. The van der Waals surface area contributed by atoms with Crippen molar-refractivity contribution >= 4 is 11.9 Å². The lowest BCUT2D eigenvalue weighted by Gasteiger charge is -2.73. The maximum absolute atomic E-state index is 12.9. The van der Waals surface area contributed by atoms with Crippen LogP contribution in [0, 0.1) is 5.41 Å². The van der Waals surface area contributed by atoms with Gasteiger partial charge < -0.3 is 21.1 Å². The number of aliphatic hydroxyl groups excluding tert-OH is 1. The van der Waals surface area contributed by atoms with Gasteiger partial charge in [0, 0.05) is 24.1 Å². The van der Waals surface area contributed by atoms with Crippen molar-refractivity contribution in [3.63, 3.8) is 0 Å². The number of nitrogens with two attached hydrogens (primary N) is 1. The minimum Gasteiger partial charge on any atom is -0.396 e. The van der Waals surface area contributed by atoms with E-state index in [0.29, 0.717) is 24.8 Å². The number of halogens is 3. The van der Waals surface area contributed by atoms with Gasteiger partial charge in [-0.3, -0.25) is 4.79 Å². The van der Waals surface area contributed by atoms with E-state index in [4.69, 9.17) is 5.73 Å². The smallest absolute Gasteiger partial charge is 0.396 e. The number of benzene rings is 1. The molecule has 0 atom stereocenters. The summed E-state index contributed by atoms with van der Waals surface area (Å²) in [6.07, 6.45) is -2.64. The molecule has 0 heterocycles. The molecule has 4 N–H and O–H groups in total. The zero-order chi connectivity index (χ0) is 19.2. The minimum absolute atomic E-state index is 0.00467. The average molecular weight is 371 g/mol. The fourth-order valence-corrected chi connectivity index (χ4v) is 4.20. The highest BCUT2D eigenvalue weighted by molar-refractivity contribution is 5.84. The van der Waals surface area contributed by atoms with Gasteiger partial charge in [0.15, 0.2) is 0 Å². The number of urea groups is 1. The number of rotatable bonds is 6. The highest BCUT2D eigenvalue weighted by atomic mass is 19.4. The molecule has 1 aromatic rings. The molecule has 9 heteroatoms. The van der Waals surface area contributed by atoms with Crippen LogP contribution in [-0.4, -0.2) is 40.6 Å². The van der Waals surface area contributed by atoms with E-state index < -0.39 is 29.2 Å². The molecule has 2 bridgehead atoms. The number of carbonyl (C=O) groups excluding carboxylic acids is 2. The van der Waals surface area contributed by atoms with Crippen LogP contribution < -0.4 is 11.1 Å². The van der Waals surface area contributed by atoms with Gasteiger partial charge in [0.1, 0.15) is 0 Å². The largest absolute Gasteiger partial charge is 0.416 e. The molecule has 1 aromatic carbocycles. The van der Waals surface area contributed by atoms with E-state index in [0.717, 1.165) is 12.1 Å². The Labute approximate surface area is 148 Å². The zero-order valence-electron chi connectivity index (χ0n) is 14.0. The van der Waals surface area contributed by atoms with Crippen LogP contribution in [0.25, 0.3) is 0 Å². The maximum atomic E-state index is 12.9. The second kappa shape index (κ2) is 6.15. The molecule has 3 aliphatic rings. The summed E-state index contributed by atoms with van der Waals surface area (Å²) in [7, 11) is 0. The minimum atomic E-state index is -4.46. The highest BCUT2D eigenvalue weighted by Crippen LogP contribution is 2.69. The fourth-order valence-electron chi connectivity index (χ4n) is 4.20. The molecule has 0 aromatic heterocycles. The van der Waals surface area contributed by atoms with E-state index in [-0.39, 0.29) is 25.1 Å².